The van der Waals surface area contributed by atoms with Gasteiger partial charge in [-0.3, -0.25) is 9.78 Å². The first kappa shape index (κ1) is 22.7. The van der Waals surface area contributed by atoms with Crippen LogP contribution >= 0.6 is 0 Å². The van der Waals surface area contributed by atoms with Crippen LogP contribution in [0.2, 0.25) is 0 Å². The lowest BCUT2D eigenvalue weighted by Crippen LogP contribution is -2.45. The Morgan fingerprint density at radius 1 is 1.14 bits per heavy atom. The highest BCUT2D eigenvalue weighted by atomic mass is 16.3. The Bertz CT molecular complexity index is 1290. The van der Waals surface area contributed by atoms with Gasteiger partial charge in [-0.05, 0) is 73.9 Å². The zero-order valence-electron chi connectivity index (χ0n) is 19.7. The second kappa shape index (κ2) is 10.0. The van der Waals surface area contributed by atoms with E-state index < -0.39 is 0 Å². The van der Waals surface area contributed by atoms with E-state index in [-0.39, 0.29) is 17.7 Å². The van der Waals surface area contributed by atoms with Crippen molar-refractivity contribution in [3.05, 3.63) is 84.9 Å². The monoisotopic (exact) mass is 468 g/mol. The Kier molecular flexibility index (Phi) is 6.48. The molecule has 1 saturated heterocycles. The number of carbonyl (C=O) groups excluding carboxylic acids is 1. The summed E-state index contributed by atoms with van der Waals surface area (Å²) in [5.41, 5.74) is 3.17. The molecule has 4 aromatic rings. The normalized spacial score (nSPS) is 15.3. The summed E-state index contributed by atoms with van der Waals surface area (Å²) in [6.45, 7) is 3.90. The van der Waals surface area contributed by atoms with Gasteiger partial charge in [-0.1, -0.05) is 12.1 Å². The third-order valence-corrected chi connectivity index (χ3v) is 6.45. The fourth-order valence-corrected chi connectivity index (χ4v) is 4.64. The van der Waals surface area contributed by atoms with Crippen molar-refractivity contribution in [2.24, 2.45) is 0 Å². The van der Waals surface area contributed by atoms with Gasteiger partial charge in [0, 0.05) is 43.2 Å². The van der Waals surface area contributed by atoms with Gasteiger partial charge in [0.2, 0.25) is 5.91 Å². The number of aromatic hydroxyl groups is 1. The van der Waals surface area contributed by atoms with Crippen molar-refractivity contribution >= 4 is 11.7 Å². The van der Waals surface area contributed by atoms with Gasteiger partial charge in [-0.2, -0.15) is 0 Å². The fourth-order valence-electron chi connectivity index (χ4n) is 4.64. The molecule has 0 radical (unpaired) electrons. The molecule has 1 N–H and O–H groups in total. The van der Waals surface area contributed by atoms with Crippen LogP contribution < -0.4 is 4.90 Å². The van der Waals surface area contributed by atoms with E-state index in [1.807, 2.05) is 60.4 Å². The van der Waals surface area contributed by atoms with E-state index in [0.717, 1.165) is 30.5 Å². The third kappa shape index (κ3) is 4.75. The van der Waals surface area contributed by atoms with Crippen LogP contribution in [-0.2, 0) is 11.3 Å². The highest BCUT2D eigenvalue weighted by molar-refractivity contribution is 5.86. The molecule has 1 fully saturated rings. The number of amides is 1. The molecule has 1 aliphatic heterocycles. The number of carbonyl (C=O) groups is 1. The lowest BCUT2D eigenvalue weighted by atomic mass is 10.1. The largest absolute Gasteiger partial charge is 0.507 e. The average molecular weight is 469 g/mol. The van der Waals surface area contributed by atoms with Crippen molar-refractivity contribution in [2.45, 2.75) is 32.4 Å². The third-order valence-electron chi connectivity index (χ3n) is 6.45. The molecule has 1 atom stereocenters. The van der Waals surface area contributed by atoms with E-state index in [2.05, 4.69) is 9.88 Å². The first-order valence-electron chi connectivity index (χ1n) is 11.9. The summed E-state index contributed by atoms with van der Waals surface area (Å²) >= 11 is 0. The summed E-state index contributed by atoms with van der Waals surface area (Å²) in [5, 5.41) is 10.5. The molecule has 4 heterocycles. The quantitative estimate of drug-likeness (QED) is 0.405. The summed E-state index contributed by atoms with van der Waals surface area (Å²) < 4.78 is 5.67. The Hall–Kier alpha value is -4.13. The number of para-hydroxylation sites is 1. The van der Waals surface area contributed by atoms with Gasteiger partial charge in [-0.15, -0.1) is 0 Å². The van der Waals surface area contributed by atoms with E-state index in [0.29, 0.717) is 35.9 Å². The van der Waals surface area contributed by atoms with E-state index in [1.54, 1.807) is 30.8 Å². The van der Waals surface area contributed by atoms with Gasteiger partial charge >= 0.3 is 0 Å². The molecule has 1 aromatic carbocycles. The van der Waals surface area contributed by atoms with Crippen molar-refractivity contribution in [1.82, 2.24) is 14.9 Å². The summed E-state index contributed by atoms with van der Waals surface area (Å²) in [5.74, 6) is 1.66. The molecule has 0 aliphatic carbocycles. The minimum atomic E-state index is -0.298. The zero-order valence-corrected chi connectivity index (χ0v) is 19.7. The number of hydrogen-bond acceptors (Lipinski definition) is 6. The second-order valence-corrected chi connectivity index (χ2v) is 8.65. The summed E-state index contributed by atoms with van der Waals surface area (Å²) in [6, 6.07) is 18.3. The van der Waals surface area contributed by atoms with Gasteiger partial charge < -0.3 is 19.3 Å². The van der Waals surface area contributed by atoms with E-state index in [4.69, 9.17) is 9.40 Å². The number of hydrogen-bond donors (Lipinski definition) is 1. The summed E-state index contributed by atoms with van der Waals surface area (Å²) in [7, 11) is 0. The molecule has 178 valence electrons. The van der Waals surface area contributed by atoms with Gasteiger partial charge in [-0.25, -0.2) is 4.98 Å². The number of pyridine rings is 2. The second-order valence-electron chi connectivity index (χ2n) is 8.65. The molecule has 0 spiro atoms. The SMILES string of the molecule is CCN(Cc1ccncc1)C(=O)[C@@H]1CCCN1c1cc(-c2ccco2)cc(-c2ccccc2O)n1. The molecule has 1 amide bonds. The average Bonchev–Trinajstić information content (AvgIpc) is 3.60. The molecule has 3 aromatic heterocycles. The first-order valence-corrected chi connectivity index (χ1v) is 11.9. The molecule has 5 rings (SSSR count). The predicted molar refractivity (Wildman–Crippen MR) is 135 cm³/mol. The number of aromatic nitrogens is 2. The molecular formula is C28H28N4O3. The first-order chi connectivity index (χ1) is 17.1. The van der Waals surface area contributed by atoms with Crippen LogP contribution in [-0.4, -0.2) is 45.0 Å². The fraction of sp³-hybridized carbons (Fsp3) is 0.250. The van der Waals surface area contributed by atoms with Crippen LogP contribution in [0.5, 0.6) is 5.75 Å². The maximum absolute atomic E-state index is 13.7. The van der Waals surface area contributed by atoms with Gasteiger partial charge in [0.15, 0.2) is 0 Å². The maximum atomic E-state index is 13.7. The number of benzene rings is 1. The number of phenolic OH excluding ortho intramolecular Hbond substituents is 1. The van der Waals surface area contributed by atoms with Crippen LogP contribution in [0.4, 0.5) is 5.82 Å². The lowest BCUT2D eigenvalue weighted by Gasteiger charge is -2.31. The summed E-state index contributed by atoms with van der Waals surface area (Å²) in [6.07, 6.45) is 6.81. The minimum absolute atomic E-state index is 0.0936. The van der Waals surface area contributed by atoms with Crippen LogP contribution in [0.3, 0.4) is 0 Å². The topological polar surface area (TPSA) is 82.7 Å². The van der Waals surface area contributed by atoms with Gasteiger partial charge in [0.1, 0.15) is 23.4 Å². The van der Waals surface area contributed by atoms with Crippen molar-refractivity contribution in [3.8, 4) is 28.3 Å². The zero-order chi connectivity index (χ0) is 24.2. The molecule has 1 aliphatic rings. The Labute approximate surface area is 204 Å². The minimum Gasteiger partial charge on any atom is -0.507 e. The number of nitrogens with zero attached hydrogens (tertiary/aromatic N) is 4. The predicted octanol–water partition coefficient (Wildman–Crippen LogP) is 5.13. The smallest absolute Gasteiger partial charge is 0.245 e. The number of likely N-dealkylation sites (N-methyl/N-ethyl adjacent to an activating group) is 1. The number of anilines is 1. The van der Waals surface area contributed by atoms with Gasteiger partial charge in [0.05, 0.1) is 12.0 Å². The molecule has 7 heteroatoms. The Morgan fingerprint density at radius 3 is 2.71 bits per heavy atom. The van der Waals surface area contributed by atoms with E-state index in [9.17, 15) is 9.90 Å². The highest BCUT2D eigenvalue weighted by Crippen LogP contribution is 2.35. The standard InChI is InChI=1S/C28H28N4O3/c1-2-31(19-20-11-13-29-14-12-20)28(34)24-8-5-15-32(24)27-18-21(26-10-6-16-35-26)17-23(30-27)22-7-3-4-9-25(22)33/h3-4,6-7,9-14,16-18,24,33H,2,5,8,15,19H2,1H3/t24-/m0/s1. The number of phenols is 1. The Morgan fingerprint density at radius 2 is 1.97 bits per heavy atom. The highest BCUT2D eigenvalue weighted by Gasteiger charge is 2.34. The van der Waals surface area contributed by atoms with Crippen molar-refractivity contribution in [1.29, 1.82) is 0 Å². The van der Waals surface area contributed by atoms with Crippen LogP contribution in [0.1, 0.15) is 25.3 Å². The van der Waals surface area contributed by atoms with Crippen molar-refractivity contribution in [2.75, 3.05) is 18.0 Å². The maximum Gasteiger partial charge on any atom is 0.245 e. The Balaban J connectivity index is 1.50. The number of furan rings is 1. The molecule has 7 nitrogen and oxygen atoms in total. The van der Waals surface area contributed by atoms with Crippen molar-refractivity contribution in [3.63, 3.8) is 0 Å². The molecule has 35 heavy (non-hydrogen) atoms. The number of rotatable bonds is 7. The van der Waals surface area contributed by atoms with E-state index in [1.165, 1.54) is 0 Å². The van der Waals surface area contributed by atoms with Crippen molar-refractivity contribution < 1.29 is 14.3 Å². The van der Waals surface area contributed by atoms with Crippen LogP contribution in [0.25, 0.3) is 22.6 Å². The van der Waals surface area contributed by atoms with E-state index >= 15 is 0 Å². The van der Waals surface area contributed by atoms with Gasteiger partial charge in [0.25, 0.3) is 0 Å². The lowest BCUT2D eigenvalue weighted by molar-refractivity contribution is -0.132. The summed E-state index contributed by atoms with van der Waals surface area (Å²) in [4.78, 5) is 26.6. The molecule has 0 saturated carbocycles. The van der Waals surface area contributed by atoms with Crippen LogP contribution in [0.15, 0.2) is 83.7 Å². The van der Waals surface area contributed by atoms with Crippen LogP contribution in [0, 0.1) is 0 Å². The molecule has 0 bridgehead atoms. The molecule has 0 unspecified atom stereocenters. The molecular weight excluding hydrogens is 440 g/mol.